The minimum Gasteiger partial charge on any atom is -0.240 e. The first-order chi connectivity index (χ1) is 5.27. The molecule has 1 aromatic rings. The predicted molar refractivity (Wildman–Crippen MR) is 49.4 cm³/mol. The Kier molecular flexibility index (Phi) is 1.97. The molecule has 1 aliphatic carbocycles. The third kappa shape index (κ3) is 1.62. The topological polar surface area (TPSA) is 25.8 Å². The van der Waals surface area contributed by atoms with Gasteiger partial charge in [0.25, 0.3) is 0 Å². The second kappa shape index (κ2) is 2.83. The van der Waals surface area contributed by atoms with Gasteiger partial charge in [0.05, 0.1) is 4.47 Å². The predicted octanol–water partition coefficient (Wildman–Crippen LogP) is 2.88. The van der Waals surface area contributed by atoms with Crippen molar-refractivity contribution in [1.82, 2.24) is 9.97 Å². The van der Waals surface area contributed by atoms with Crippen molar-refractivity contribution in [2.24, 2.45) is 0 Å². The standard InChI is InChI=1S/C7H6Br2N2/c8-5-3-10-7(4-1-2-4)11-6(5)9/h3-4H,1-2H2. The molecule has 0 aromatic carbocycles. The summed E-state index contributed by atoms with van der Waals surface area (Å²) in [6, 6.07) is 0. The molecule has 0 radical (unpaired) electrons. The maximum atomic E-state index is 4.29. The first kappa shape index (κ1) is 7.68. The van der Waals surface area contributed by atoms with Crippen LogP contribution in [0, 0.1) is 0 Å². The van der Waals surface area contributed by atoms with E-state index < -0.39 is 0 Å². The summed E-state index contributed by atoms with van der Waals surface area (Å²) in [5, 5.41) is 0. The van der Waals surface area contributed by atoms with Crippen LogP contribution in [0.25, 0.3) is 0 Å². The molecule has 0 N–H and O–H groups in total. The molecule has 1 saturated carbocycles. The second-order valence-corrected chi connectivity index (χ2v) is 4.25. The van der Waals surface area contributed by atoms with Gasteiger partial charge in [-0.05, 0) is 44.7 Å². The molecule has 11 heavy (non-hydrogen) atoms. The third-order valence-corrected chi connectivity index (χ3v) is 3.38. The molecule has 1 aromatic heterocycles. The van der Waals surface area contributed by atoms with E-state index in [1.165, 1.54) is 12.8 Å². The Bertz CT molecular complexity index is 284. The van der Waals surface area contributed by atoms with Crippen LogP contribution in [0.15, 0.2) is 15.3 Å². The van der Waals surface area contributed by atoms with Crippen molar-refractivity contribution < 1.29 is 0 Å². The summed E-state index contributed by atoms with van der Waals surface area (Å²) in [7, 11) is 0. The van der Waals surface area contributed by atoms with Crippen molar-refractivity contribution in [3.8, 4) is 0 Å². The van der Waals surface area contributed by atoms with Crippen LogP contribution in [0.2, 0.25) is 0 Å². The SMILES string of the molecule is Brc1cnc(C2CC2)nc1Br. The van der Waals surface area contributed by atoms with E-state index in [4.69, 9.17) is 0 Å². The van der Waals surface area contributed by atoms with E-state index in [1.54, 1.807) is 6.20 Å². The Balaban J connectivity index is 2.36. The highest BCUT2D eigenvalue weighted by Crippen LogP contribution is 2.38. The van der Waals surface area contributed by atoms with Crippen molar-refractivity contribution in [2.75, 3.05) is 0 Å². The molecule has 1 heterocycles. The highest BCUT2D eigenvalue weighted by atomic mass is 79.9. The van der Waals surface area contributed by atoms with Crippen molar-refractivity contribution in [3.05, 3.63) is 21.1 Å². The summed E-state index contributed by atoms with van der Waals surface area (Å²) < 4.78 is 1.77. The number of aromatic nitrogens is 2. The van der Waals surface area contributed by atoms with Gasteiger partial charge in [-0.15, -0.1) is 0 Å². The Morgan fingerprint density at radius 1 is 1.36 bits per heavy atom. The fourth-order valence-corrected chi connectivity index (χ4v) is 1.37. The molecular weight excluding hydrogens is 272 g/mol. The number of nitrogens with zero attached hydrogens (tertiary/aromatic N) is 2. The smallest absolute Gasteiger partial charge is 0.132 e. The molecule has 0 bridgehead atoms. The van der Waals surface area contributed by atoms with Gasteiger partial charge in [-0.1, -0.05) is 0 Å². The molecular formula is C7H6Br2N2. The lowest BCUT2D eigenvalue weighted by atomic mass is 10.4. The molecule has 0 amide bonds. The normalized spacial score (nSPS) is 16.9. The average Bonchev–Trinajstić information content (AvgIpc) is 2.77. The number of hydrogen-bond acceptors (Lipinski definition) is 2. The van der Waals surface area contributed by atoms with Gasteiger partial charge in [0.1, 0.15) is 10.4 Å². The molecule has 0 atom stereocenters. The second-order valence-electron chi connectivity index (χ2n) is 2.64. The lowest BCUT2D eigenvalue weighted by molar-refractivity contribution is 0.909. The Hall–Kier alpha value is 0.0400. The van der Waals surface area contributed by atoms with Crippen LogP contribution in [-0.4, -0.2) is 9.97 Å². The van der Waals surface area contributed by atoms with Crippen molar-refractivity contribution in [2.45, 2.75) is 18.8 Å². The maximum Gasteiger partial charge on any atom is 0.132 e. The minimum atomic E-state index is 0.624. The Morgan fingerprint density at radius 3 is 2.64 bits per heavy atom. The number of halogens is 2. The number of hydrogen-bond donors (Lipinski definition) is 0. The lowest BCUT2D eigenvalue weighted by Crippen LogP contribution is -1.91. The van der Waals surface area contributed by atoms with E-state index in [0.717, 1.165) is 14.9 Å². The molecule has 1 aliphatic rings. The zero-order chi connectivity index (χ0) is 7.84. The first-order valence-corrected chi connectivity index (χ1v) is 5.04. The summed E-state index contributed by atoms with van der Waals surface area (Å²) in [6.45, 7) is 0. The zero-order valence-electron chi connectivity index (χ0n) is 5.72. The molecule has 4 heteroatoms. The van der Waals surface area contributed by atoms with Crippen LogP contribution in [-0.2, 0) is 0 Å². The maximum absolute atomic E-state index is 4.29. The van der Waals surface area contributed by atoms with E-state index in [1.807, 2.05) is 0 Å². The molecule has 1 fully saturated rings. The largest absolute Gasteiger partial charge is 0.240 e. The lowest BCUT2D eigenvalue weighted by Gasteiger charge is -1.97. The summed E-state index contributed by atoms with van der Waals surface area (Å²) in [5.74, 6) is 1.60. The van der Waals surface area contributed by atoms with Crippen LogP contribution < -0.4 is 0 Å². The summed E-state index contributed by atoms with van der Waals surface area (Å²) in [4.78, 5) is 8.51. The van der Waals surface area contributed by atoms with Gasteiger partial charge in [0.2, 0.25) is 0 Å². The van der Waals surface area contributed by atoms with Gasteiger partial charge in [-0.2, -0.15) is 0 Å². The van der Waals surface area contributed by atoms with Gasteiger partial charge in [0.15, 0.2) is 0 Å². The molecule has 0 unspecified atom stereocenters. The zero-order valence-corrected chi connectivity index (χ0v) is 8.89. The van der Waals surface area contributed by atoms with Gasteiger partial charge in [0, 0.05) is 12.1 Å². The molecule has 0 aliphatic heterocycles. The van der Waals surface area contributed by atoms with E-state index in [9.17, 15) is 0 Å². The van der Waals surface area contributed by atoms with Gasteiger partial charge in [-0.3, -0.25) is 0 Å². The van der Waals surface area contributed by atoms with Crippen molar-refractivity contribution >= 4 is 31.9 Å². The molecule has 0 spiro atoms. The van der Waals surface area contributed by atoms with Crippen LogP contribution in [0.5, 0.6) is 0 Å². The quantitative estimate of drug-likeness (QED) is 0.738. The van der Waals surface area contributed by atoms with Crippen LogP contribution in [0.4, 0.5) is 0 Å². The van der Waals surface area contributed by atoms with Crippen molar-refractivity contribution in [3.63, 3.8) is 0 Å². The van der Waals surface area contributed by atoms with Crippen LogP contribution >= 0.6 is 31.9 Å². The fourth-order valence-electron chi connectivity index (χ4n) is 0.897. The van der Waals surface area contributed by atoms with Gasteiger partial charge >= 0.3 is 0 Å². The Morgan fingerprint density at radius 2 is 2.09 bits per heavy atom. The van der Waals surface area contributed by atoms with Crippen LogP contribution in [0.3, 0.4) is 0 Å². The highest BCUT2D eigenvalue weighted by Gasteiger charge is 2.26. The van der Waals surface area contributed by atoms with E-state index in [0.29, 0.717) is 5.92 Å². The van der Waals surface area contributed by atoms with E-state index in [-0.39, 0.29) is 0 Å². The average molecular weight is 278 g/mol. The molecule has 0 saturated heterocycles. The highest BCUT2D eigenvalue weighted by molar-refractivity contribution is 9.13. The van der Waals surface area contributed by atoms with Crippen LogP contribution in [0.1, 0.15) is 24.6 Å². The minimum absolute atomic E-state index is 0.624. The fraction of sp³-hybridized carbons (Fsp3) is 0.429. The molecule has 58 valence electrons. The number of rotatable bonds is 1. The third-order valence-electron chi connectivity index (χ3n) is 1.66. The monoisotopic (exact) mass is 276 g/mol. The Labute approximate surface area is 81.7 Å². The van der Waals surface area contributed by atoms with Gasteiger partial charge in [-0.25, -0.2) is 9.97 Å². The molecule has 2 nitrogen and oxygen atoms in total. The molecule has 2 rings (SSSR count). The summed E-state index contributed by atoms with van der Waals surface area (Å²) in [6.07, 6.45) is 4.28. The van der Waals surface area contributed by atoms with E-state index >= 15 is 0 Å². The van der Waals surface area contributed by atoms with Crippen molar-refractivity contribution in [1.29, 1.82) is 0 Å². The first-order valence-electron chi connectivity index (χ1n) is 3.45. The summed E-state index contributed by atoms with van der Waals surface area (Å²) in [5.41, 5.74) is 0. The summed E-state index contributed by atoms with van der Waals surface area (Å²) >= 11 is 6.67. The van der Waals surface area contributed by atoms with Gasteiger partial charge < -0.3 is 0 Å². The van der Waals surface area contributed by atoms with E-state index in [2.05, 4.69) is 41.8 Å².